The smallest absolute Gasteiger partial charge is 0.226 e. The number of amides is 1. The van der Waals surface area contributed by atoms with Crippen LogP contribution in [0.25, 0.3) is 0 Å². The van der Waals surface area contributed by atoms with Gasteiger partial charge in [0.15, 0.2) is 5.78 Å². The van der Waals surface area contributed by atoms with E-state index in [1.165, 1.54) is 25.1 Å². The SMILES string of the molecule is CC(=O)c1cccc(NCCC(=O)Nc2ccc(F)c(Cl)c2)c1. The van der Waals surface area contributed by atoms with Crippen LogP contribution in [0.15, 0.2) is 42.5 Å². The average molecular weight is 335 g/mol. The van der Waals surface area contributed by atoms with Crippen molar-refractivity contribution in [3.8, 4) is 0 Å². The number of carbonyl (C=O) groups is 2. The van der Waals surface area contributed by atoms with Crippen molar-refractivity contribution in [1.29, 1.82) is 0 Å². The van der Waals surface area contributed by atoms with Gasteiger partial charge in [0, 0.05) is 29.9 Å². The topological polar surface area (TPSA) is 58.2 Å². The van der Waals surface area contributed by atoms with Crippen molar-refractivity contribution < 1.29 is 14.0 Å². The molecule has 23 heavy (non-hydrogen) atoms. The first kappa shape index (κ1) is 17.0. The summed E-state index contributed by atoms with van der Waals surface area (Å²) in [6.45, 7) is 1.91. The molecule has 0 fully saturated rings. The first-order valence-corrected chi connectivity index (χ1v) is 7.43. The molecule has 0 heterocycles. The van der Waals surface area contributed by atoms with E-state index < -0.39 is 5.82 Å². The Balaban J connectivity index is 1.84. The van der Waals surface area contributed by atoms with Gasteiger partial charge in [-0.2, -0.15) is 0 Å². The monoisotopic (exact) mass is 334 g/mol. The second-order valence-corrected chi connectivity index (χ2v) is 5.40. The van der Waals surface area contributed by atoms with E-state index in [9.17, 15) is 14.0 Å². The molecule has 0 aliphatic rings. The van der Waals surface area contributed by atoms with Crippen LogP contribution in [0.1, 0.15) is 23.7 Å². The fraction of sp³-hybridized carbons (Fsp3) is 0.176. The Bertz CT molecular complexity index is 734. The fourth-order valence-corrected chi connectivity index (χ4v) is 2.15. The molecule has 6 heteroatoms. The van der Waals surface area contributed by atoms with Gasteiger partial charge in [-0.1, -0.05) is 23.7 Å². The number of hydrogen-bond donors (Lipinski definition) is 2. The molecular formula is C17H16ClFN2O2. The zero-order valence-electron chi connectivity index (χ0n) is 12.5. The zero-order chi connectivity index (χ0) is 16.8. The maximum absolute atomic E-state index is 13.0. The van der Waals surface area contributed by atoms with Gasteiger partial charge in [-0.25, -0.2) is 4.39 Å². The highest BCUT2D eigenvalue weighted by molar-refractivity contribution is 6.31. The molecule has 4 nitrogen and oxygen atoms in total. The van der Waals surface area contributed by atoms with Crippen LogP contribution < -0.4 is 10.6 Å². The third kappa shape index (κ3) is 5.07. The van der Waals surface area contributed by atoms with Crippen molar-refractivity contribution in [1.82, 2.24) is 0 Å². The van der Waals surface area contributed by atoms with E-state index in [0.29, 0.717) is 17.8 Å². The standard InChI is InChI=1S/C17H16ClFN2O2/c1-11(22)12-3-2-4-13(9-12)20-8-7-17(23)21-14-5-6-16(19)15(18)10-14/h2-6,9-10,20H,7-8H2,1H3,(H,21,23). The van der Waals surface area contributed by atoms with Crippen LogP contribution in [0.4, 0.5) is 15.8 Å². The number of anilines is 2. The molecule has 1 amide bonds. The highest BCUT2D eigenvalue weighted by Crippen LogP contribution is 2.19. The lowest BCUT2D eigenvalue weighted by atomic mass is 10.1. The normalized spacial score (nSPS) is 10.2. The molecule has 0 unspecified atom stereocenters. The van der Waals surface area contributed by atoms with Crippen LogP contribution in [-0.4, -0.2) is 18.2 Å². The fourth-order valence-electron chi connectivity index (χ4n) is 1.97. The van der Waals surface area contributed by atoms with E-state index in [1.807, 2.05) is 6.07 Å². The lowest BCUT2D eigenvalue weighted by Gasteiger charge is -2.09. The second kappa shape index (κ2) is 7.74. The minimum absolute atomic E-state index is 0.0143. The predicted octanol–water partition coefficient (Wildman–Crippen LogP) is 4.12. The Hall–Kier alpha value is -2.40. The van der Waals surface area contributed by atoms with Crippen LogP contribution in [-0.2, 0) is 4.79 Å². The van der Waals surface area contributed by atoms with Crippen molar-refractivity contribution in [3.63, 3.8) is 0 Å². The molecule has 0 bridgehead atoms. The molecular weight excluding hydrogens is 319 g/mol. The van der Waals surface area contributed by atoms with Crippen LogP contribution >= 0.6 is 11.6 Å². The molecule has 0 saturated carbocycles. The van der Waals surface area contributed by atoms with Gasteiger partial charge in [0.25, 0.3) is 0 Å². The zero-order valence-corrected chi connectivity index (χ0v) is 13.3. The highest BCUT2D eigenvalue weighted by atomic mass is 35.5. The summed E-state index contributed by atoms with van der Waals surface area (Å²) < 4.78 is 13.0. The Kier molecular flexibility index (Phi) is 5.71. The van der Waals surface area contributed by atoms with E-state index in [2.05, 4.69) is 10.6 Å². The molecule has 0 aliphatic heterocycles. The van der Waals surface area contributed by atoms with Crippen molar-refractivity contribution in [3.05, 3.63) is 58.9 Å². The molecule has 2 rings (SSSR count). The summed E-state index contributed by atoms with van der Waals surface area (Å²) in [5, 5.41) is 5.68. The Labute approximate surface area is 138 Å². The third-order valence-corrected chi connectivity index (χ3v) is 3.44. The Morgan fingerprint density at radius 2 is 1.91 bits per heavy atom. The Morgan fingerprint density at radius 1 is 1.13 bits per heavy atom. The molecule has 0 atom stereocenters. The van der Waals surface area contributed by atoms with E-state index in [1.54, 1.807) is 18.2 Å². The molecule has 0 spiro atoms. The first-order chi connectivity index (χ1) is 11.0. The number of rotatable bonds is 6. The number of ketones is 1. The lowest BCUT2D eigenvalue weighted by Crippen LogP contribution is -2.16. The van der Waals surface area contributed by atoms with Crippen molar-refractivity contribution in [2.45, 2.75) is 13.3 Å². The van der Waals surface area contributed by atoms with Gasteiger partial charge in [-0.3, -0.25) is 9.59 Å². The summed E-state index contributed by atoms with van der Waals surface area (Å²) in [7, 11) is 0. The molecule has 0 radical (unpaired) electrons. The molecule has 2 aromatic rings. The quantitative estimate of drug-likeness (QED) is 0.781. The molecule has 0 aliphatic carbocycles. The van der Waals surface area contributed by atoms with Crippen LogP contribution in [0.3, 0.4) is 0 Å². The van der Waals surface area contributed by atoms with E-state index >= 15 is 0 Å². The summed E-state index contributed by atoms with van der Waals surface area (Å²) in [4.78, 5) is 23.1. The molecule has 2 aromatic carbocycles. The van der Waals surface area contributed by atoms with E-state index in [0.717, 1.165) is 5.69 Å². The largest absolute Gasteiger partial charge is 0.385 e. The van der Waals surface area contributed by atoms with Crippen LogP contribution in [0.5, 0.6) is 0 Å². The molecule has 0 saturated heterocycles. The molecule has 2 N–H and O–H groups in total. The van der Waals surface area contributed by atoms with Crippen molar-refractivity contribution >= 4 is 34.7 Å². The number of Topliss-reactive ketones (excluding diaryl/α,β-unsaturated/α-hetero) is 1. The van der Waals surface area contributed by atoms with Gasteiger partial charge in [-0.05, 0) is 37.3 Å². The van der Waals surface area contributed by atoms with Gasteiger partial charge in [0.2, 0.25) is 5.91 Å². The number of halogens is 2. The second-order valence-electron chi connectivity index (χ2n) is 4.99. The van der Waals surface area contributed by atoms with E-state index in [-0.39, 0.29) is 23.1 Å². The van der Waals surface area contributed by atoms with Gasteiger partial charge >= 0.3 is 0 Å². The number of carbonyl (C=O) groups excluding carboxylic acids is 2. The first-order valence-electron chi connectivity index (χ1n) is 7.05. The molecule has 0 aromatic heterocycles. The summed E-state index contributed by atoms with van der Waals surface area (Å²) in [5.41, 5.74) is 1.83. The van der Waals surface area contributed by atoms with E-state index in [4.69, 9.17) is 11.6 Å². The van der Waals surface area contributed by atoms with Gasteiger partial charge in [0.1, 0.15) is 5.82 Å². The summed E-state index contributed by atoms with van der Waals surface area (Å²) in [6.07, 6.45) is 0.222. The summed E-state index contributed by atoms with van der Waals surface area (Å²) in [6, 6.07) is 11.1. The van der Waals surface area contributed by atoms with Gasteiger partial charge < -0.3 is 10.6 Å². The minimum Gasteiger partial charge on any atom is -0.385 e. The van der Waals surface area contributed by atoms with Crippen LogP contribution in [0, 0.1) is 5.82 Å². The third-order valence-electron chi connectivity index (χ3n) is 3.15. The van der Waals surface area contributed by atoms with Crippen LogP contribution in [0.2, 0.25) is 5.02 Å². The molecule has 120 valence electrons. The lowest BCUT2D eigenvalue weighted by molar-refractivity contribution is -0.115. The maximum Gasteiger partial charge on any atom is 0.226 e. The number of nitrogens with one attached hydrogen (secondary N) is 2. The summed E-state index contributed by atoms with van der Waals surface area (Å²) in [5.74, 6) is -0.765. The predicted molar refractivity (Wildman–Crippen MR) is 89.6 cm³/mol. The Morgan fingerprint density at radius 3 is 2.61 bits per heavy atom. The van der Waals surface area contributed by atoms with Crippen molar-refractivity contribution in [2.24, 2.45) is 0 Å². The number of hydrogen-bond acceptors (Lipinski definition) is 3. The maximum atomic E-state index is 13.0. The number of benzene rings is 2. The van der Waals surface area contributed by atoms with Gasteiger partial charge in [-0.15, -0.1) is 0 Å². The van der Waals surface area contributed by atoms with Gasteiger partial charge in [0.05, 0.1) is 5.02 Å². The van der Waals surface area contributed by atoms with Crippen molar-refractivity contribution in [2.75, 3.05) is 17.2 Å². The highest BCUT2D eigenvalue weighted by Gasteiger charge is 2.06. The minimum atomic E-state index is -0.531. The summed E-state index contributed by atoms with van der Waals surface area (Å²) >= 11 is 5.66. The average Bonchev–Trinajstić information content (AvgIpc) is 2.51.